The van der Waals surface area contributed by atoms with Gasteiger partial charge in [-0.25, -0.2) is 26.9 Å². The van der Waals surface area contributed by atoms with Crippen LogP contribution in [-0.2, 0) is 16.7 Å². The summed E-state index contributed by atoms with van der Waals surface area (Å²) in [6.07, 6.45) is 0. The van der Waals surface area contributed by atoms with Gasteiger partial charge in [-0.2, -0.15) is 9.40 Å². The van der Waals surface area contributed by atoms with Crippen molar-refractivity contribution in [3.05, 3.63) is 66.0 Å². The van der Waals surface area contributed by atoms with Crippen molar-refractivity contribution in [3.63, 3.8) is 0 Å². The summed E-state index contributed by atoms with van der Waals surface area (Å²) in [5.41, 5.74) is 0.939. The van der Waals surface area contributed by atoms with Crippen molar-refractivity contribution in [3.8, 4) is 11.4 Å². The minimum atomic E-state index is -4.24. The number of aromatic nitrogens is 3. The number of hydrogen-bond donors (Lipinski definition) is 0. The Morgan fingerprint density at radius 3 is 2.20 bits per heavy atom. The van der Waals surface area contributed by atoms with E-state index in [0.717, 1.165) is 33.9 Å². The van der Waals surface area contributed by atoms with Crippen LogP contribution in [0.4, 0.5) is 8.78 Å². The first-order valence-corrected chi connectivity index (χ1v) is 10.9. The number of hydrogen-bond acceptors (Lipinski definition) is 5. The van der Waals surface area contributed by atoms with Crippen molar-refractivity contribution in [2.45, 2.75) is 18.5 Å². The zero-order valence-corrected chi connectivity index (χ0v) is 17.2. The second-order valence-electron chi connectivity index (χ2n) is 7.06. The van der Waals surface area contributed by atoms with Crippen LogP contribution in [0.3, 0.4) is 0 Å². The Balaban J connectivity index is 1.48. The maximum absolute atomic E-state index is 14.0. The van der Waals surface area contributed by atoms with E-state index in [1.165, 1.54) is 0 Å². The molecule has 2 heterocycles. The van der Waals surface area contributed by atoms with E-state index < -0.39 is 26.6 Å². The molecule has 0 N–H and O–H groups in total. The number of piperazine rings is 1. The Morgan fingerprint density at radius 2 is 1.57 bits per heavy atom. The Kier molecular flexibility index (Phi) is 5.63. The molecule has 1 fully saturated rings. The van der Waals surface area contributed by atoms with Gasteiger partial charge in [0.1, 0.15) is 17.5 Å². The summed E-state index contributed by atoms with van der Waals surface area (Å²) in [6, 6.07) is 12.7. The van der Waals surface area contributed by atoms with Gasteiger partial charge < -0.3 is 0 Å². The number of aryl methyl sites for hydroxylation is 1. The fourth-order valence-electron chi connectivity index (χ4n) is 3.51. The molecule has 7 nitrogen and oxygen atoms in total. The topological polar surface area (TPSA) is 71.3 Å². The van der Waals surface area contributed by atoms with Gasteiger partial charge in [0.25, 0.3) is 0 Å². The van der Waals surface area contributed by atoms with Crippen LogP contribution in [0, 0.1) is 18.6 Å². The lowest BCUT2D eigenvalue weighted by Gasteiger charge is -2.34. The standard InChI is InChI=1S/C20H21F2N5O2S/c1-15-23-20(16-6-3-2-4-7-16)27(24-15)14-25-10-12-26(13-11-25)30(28,29)19-17(21)8-5-9-18(19)22/h2-9H,10-14H2,1H3. The average Bonchev–Trinajstić information content (AvgIpc) is 3.09. The first-order chi connectivity index (χ1) is 14.4. The monoisotopic (exact) mass is 433 g/mol. The smallest absolute Gasteiger partial charge is 0.249 e. The average molecular weight is 433 g/mol. The van der Waals surface area contributed by atoms with Crippen LogP contribution >= 0.6 is 0 Å². The molecule has 0 atom stereocenters. The highest BCUT2D eigenvalue weighted by atomic mass is 32.2. The maximum atomic E-state index is 14.0. The molecule has 1 aromatic heterocycles. The second kappa shape index (κ2) is 8.21. The molecule has 0 unspecified atom stereocenters. The molecule has 158 valence electrons. The number of benzene rings is 2. The highest BCUT2D eigenvalue weighted by molar-refractivity contribution is 7.89. The Bertz CT molecular complexity index is 1120. The van der Waals surface area contributed by atoms with E-state index in [1.807, 2.05) is 42.2 Å². The van der Waals surface area contributed by atoms with Gasteiger partial charge in [-0.15, -0.1) is 0 Å². The Morgan fingerprint density at radius 1 is 0.933 bits per heavy atom. The largest absolute Gasteiger partial charge is 0.282 e. The predicted octanol–water partition coefficient (Wildman–Crippen LogP) is 2.50. The molecule has 10 heteroatoms. The summed E-state index contributed by atoms with van der Waals surface area (Å²) in [6.45, 7) is 3.32. The molecule has 0 radical (unpaired) electrons. The van der Waals surface area contributed by atoms with Crippen LogP contribution in [-0.4, -0.2) is 58.6 Å². The summed E-state index contributed by atoms with van der Waals surface area (Å²) in [5.74, 6) is -0.785. The van der Waals surface area contributed by atoms with Crippen molar-refractivity contribution < 1.29 is 17.2 Å². The van der Waals surface area contributed by atoms with Crippen molar-refractivity contribution in [1.29, 1.82) is 0 Å². The molecule has 0 saturated carbocycles. The van der Waals surface area contributed by atoms with Gasteiger partial charge in [0, 0.05) is 31.7 Å². The van der Waals surface area contributed by atoms with Crippen LogP contribution in [0.1, 0.15) is 5.82 Å². The third-order valence-electron chi connectivity index (χ3n) is 4.99. The summed E-state index contributed by atoms with van der Waals surface area (Å²) in [4.78, 5) is 5.64. The van der Waals surface area contributed by atoms with Gasteiger partial charge in [-0.05, 0) is 19.1 Å². The highest BCUT2D eigenvalue weighted by Crippen LogP contribution is 2.24. The number of halogens is 2. The number of nitrogens with zero attached hydrogens (tertiary/aromatic N) is 5. The van der Waals surface area contributed by atoms with Gasteiger partial charge in [0.15, 0.2) is 10.7 Å². The molecule has 0 aliphatic carbocycles. The first-order valence-electron chi connectivity index (χ1n) is 9.49. The molecule has 2 aromatic carbocycles. The van der Waals surface area contributed by atoms with Gasteiger partial charge in [0.2, 0.25) is 10.0 Å². The summed E-state index contributed by atoms with van der Waals surface area (Å²) in [5, 5.41) is 4.45. The maximum Gasteiger partial charge on any atom is 0.249 e. The van der Waals surface area contributed by atoms with Crippen molar-refractivity contribution >= 4 is 10.0 Å². The number of rotatable bonds is 5. The summed E-state index contributed by atoms with van der Waals surface area (Å²) < 4.78 is 56.4. The molecule has 1 aliphatic heterocycles. The zero-order chi connectivity index (χ0) is 21.3. The van der Waals surface area contributed by atoms with Gasteiger partial charge in [-0.3, -0.25) is 4.90 Å². The predicted molar refractivity (Wildman–Crippen MR) is 107 cm³/mol. The third kappa shape index (κ3) is 3.98. The second-order valence-corrected chi connectivity index (χ2v) is 8.94. The quantitative estimate of drug-likeness (QED) is 0.618. The Hall–Kier alpha value is -2.69. The summed E-state index contributed by atoms with van der Waals surface area (Å²) >= 11 is 0. The van der Waals surface area contributed by atoms with E-state index in [-0.39, 0.29) is 13.1 Å². The first kappa shape index (κ1) is 20.6. The lowest BCUT2D eigenvalue weighted by Crippen LogP contribution is -2.49. The van der Waals surface area contributed by atoms with Crippen molar-refractivity contribution in [1.82, 2.24) is 24.0 Å². The van der Waals surface area contributed by atoms with E-state index in [2.05, 4.69) is 10.1 Å². The fourth-order valence-corrected chi connectivity index (χ4v) is 5.04. The Labute approximate surface area is 173 Å². The molecule has 0 bridgehead atoms. The lowest BCUT2D eigenvalue weighted by atomic mass is 10.2. The molecule has 0 amide bonds. The molecule has 1 aliphatic rings. The molecule has 1 saturated heterocycles. The van der Waals surface area contributed by atoms with Gasteiger partial charge >= 0.3 is 0 Å². The minimum absolute atomic E-state index is 0.129. The van der Waals surface area contributed by atoms with Crippen molar-refractivity contribution in [2.24, 2.45) is 0 Å². The van der Waals surface area contributed by atoms with Crippen LogP contribution in [0.5, 0.6) is 0 Å². The SMILES string of the molecule is Cc1nc(-c2ccccc2)n(CN2CCN(S(=O)(=O)c3c(F)cccc3F)CC2)n1. The van der Waals surface area contributed by atoms with E-state index in [4.69, 9.17) is 0 Å². The van der Waals surface area contributed by atoms with Crippen molar-refractivity contribution in [2.75, 3.05) is 26.2 Å². The minimum Gasteiger partial charge on any atom is -0.282 e. The van der Waals surface area contributed by atoms with E-state index in [1.54, 1.807) is 4.68 Å². The molecule has 3 aromatic rings. The molecular weight excluding hydrogens is 412 g/mol. The van der Waals surface area contributed by atoms with Crippen LogP contribution in [0.2, 0.25) is 0 Å². The molecular formula is C20H21F2N5O2S. The molecule has 0 spiro atoms. The van der Waals surface area contributed by atoms with Crippen LogP contribution < -0.4 is 0 Å². The van der Waals surface area contributed by atoms with E-state index >= 15 is 0 Å². The van der Waals surface area contributed by atoms with E-state index in [9.17, 15) is 17.2 Å². The highest BCUT2D eigenvalue weighted by Gasteiger charge is 2.33. The summed E-state index contributed by atoms with van der Waals surface area (Å²) in [7, 11) is -4.24. The fraction of sp³-hybridized carbons (Fsp3) is 0.300. The number of sulfonamides is 1. The molecule has 30 heavy (non-hydrogen) atoms. The zero-order valence-electron chi connectivity index (χ0n) is 16.4. The van der Waals surface area contributed by atoms with Crippen LogP contribution in [0.15, 0.2) is 53.4 Å². The van der Waals surface area contributed by atoms with Crippen LogP contribution in [0.25, 0.3) is 11.4 Å². The van der Waals surface area contributed by atoms with Gasteiger partial charge in [-0.1, -0.05) is 36.4 Å². The van der Waals surface area contributed by atoms with Gasteiger partial charge in [0.05, 0.1) is 6.67 Å². The molecule has 4 rings (SSSR count). The normalized spacial score (nSPS) is 16.1. The third-order valence-corrected chi connectivity index (χ3v) is 6.94. The van der Waals surface area contributed by atoms with E-state index in [0.29, 0.717) is 25.6 Å². The lowest BCUT2D eigenvalue weighted by molar-refractivity contribution is 0.146.